The Morgan fingerprint density at radius 2 is 1.90 bits per heavy atom. The van der Waals surface area contributed by atoms with Crippen LogP contribution in [-0.2, 0) is 10.0 Å². The van der Waals surface area contributed by atoms with Crippen LogP contribution >= 0.6 is 15.9 Å². The number of hydrogen-bond donors (Lipinski definition) is 2. The van der Waals surface area contributed by atoms with E-state index in [1.807, 2.05) is 0 Å². The molecule has 0 atom stereocenters. The van der Waals surface area contributed by atoms with Crippen molar-refractivity contribution in [2.75, 3.05) is 23.6 Å². The monoisotopic (exact) mass is 384 g/mol. The number of anilines is 1. The van der Waals surface area contributed by atoms with E-state index in [9.17, 15) is 17.2 Å². The molecule has 0 spiro atoms. The summed E-state index contributed by atoms with van der Waals surface area (Å²) in [6, 6.07) is 1.65. The first-order chi connectivity index (χ1) is 9.85. The van der Waals surface area contributed by atoms with Gasteiger partial charge in [-0.3, -0.25) is 4.72 Å². The Balaban J connectivity index is 2.53. The van der Waals surface area contributed by atoms with Gasteiger partial charge in [0.25, 0.3) is 0 Å². The minimum absolute atomic E-state index is 0.0354. The normalized spacial score (nSPS) is 11.6. The second-order valence-electron chi connectivity index (χ2n) is 4.62. The van der Waals surface area contributed by atoms with Crippen LogP contribution in [0.1, 0.15) is 26.2 Å². The van der Waals surface area contributed by atoms with E-state index < -0.39 is 21.7 Å². The van der Waals surface area contributed by atoms with Gasteiger partial charge in [0.05, 0.1) is 11.4 Å². The van der Waals surface area contributed by atoms with Gasteiger partial charge < -0.3 is 5.32 Å². The zero-order valence-electron chi connectivity index (χ0n) is 11.8. The molecule has 120 valence electrons. The molecule has 1 rings (SSSR count). The summed E-state index contributed by atoms with van der Waals surface area (Å²) in [7, 11) is -3.66. The van der Waals surface area contributed by atoms with E-state index in [1.165, 1.54) is 0 Å². The molecule has 8 heteroatoms. The molecule has 0 aliphatic rings. The summed E-state index contributed by atoms with van der Waals surface area (Å²) in [6.45, 7) is 3.70. The third kappa shape index (κ3) is 6.71. The molecule has 0 heterocycles. The third-order valence-corrected chi connectivity index (χ3v) is 4.67. The molecule has 0 saturated carbocycles. The van der Waals surface area contributed by atoms with Gasteiger partial charge in [0.2, 0.25) is 10.0 Å². The zero-order chi connectivity index (χ0) is 15.9. The van der Waals surface area contributed by atoms with Gasteiger partial charge in [-0.05, 0) is 54.3 Å². The van der Waals surface area contributed by atoms with E-state index in [2.05, 4.69) is 32.9 Å². The predicted octanol–water partition coefficient (Wildman–Crippen LogP) is 3.25. The average Bonchev–Trinajstić information content (AvgIpc) is 2.38. The van der Waals surface area contributed by atoms with E-state index in [-0.39, 0.29) is 15.9 Å². The standard InChI is InChI=1S/C13H19BrF2N2O2S/c1-2-5-17-6-3-4-7-21(19,20)18-13-11(14)8-10(15)9-12(13)16/h8-9,17-18H,2-7H2,1H3. The van der Waals surface area contributed by atoms with Crippen LogP contribution < -0.4 is 10.0 Å². The van der Waals surface area contributed by atoms with Crippen molar-refractivity contribution in [3.05, 3.63) is 28.2 Å². The Hall–Kier alpha value is -0.730. The molecular weight excluding hydrogens is 366 g/mol. The van der Waals surface area contributed by atoms with Gasteiger partial charge >= 0.3 is 0 Å². The Bertz CT molecular complexity index is 544. The fourth-order valence-electron chi connectivity index (χ4n) is 1.69. The molecule has 1 aromatic rings. The Labute approximate surface area is 132 Å². The SMILES string of the molecule is CCCNCCCCS(=O)(=O)Nc1c(F)cc(F)cc1Br. The first kappa shape index (κ1) is 18.3. The van der Waals surface area contributed by atoms with Crippen LogP contribution in [0.3, 0.4) is 0 Å². The lowest BCUT2D eigenvalue weighted by Gasteiger charge is -2.11. The van der Waals surface area contributed by atoms with Crippen molar-refractivity contribution in [2.45, 2.75) is 26.2 Å². The molecule has 0 fully saturated rings. The van der Waals surface area contributed by atoms with Crippen LogP contribution in [-0.4, -0.2) is 27.3 Å². The number of halogens is 3. The summed E-state index contributed by atoms with van der Waals surface area (Å²) in [5, 5.41) is 3.17. The first-order valence-corrected chi connectivity index (χ1v) is 9.16. The number of rotatable bonds is 9. The number of nitrogens with one attached hydrogen (secondary N) is 2. The summed E-state index contributed by atoms with van der Waals surface area (Å²) in [4.78, 5) is 0. The highest BCUT2D eigenvalue weighted by molar-refractivity contribution is 9.10. The fraction of sp³-hybridized carbons (Fsp3) is 0.538. The summed E-state index contributed by atoms with van der Waals surface area (Å²) < 4.78 is 52.4. The minimum Gasteiger partial charge on any atom is -0.317 e. The van der Waals surface area contributed by atoms with Crippen molar-refractivity contribution in [3.8, 4) is 0 Å². The first-order valence-electron chi connectivity index (χ1n) is 6.71. The topological polar surface area (TPSA) is 58.2 Å². The summed E-state index contributed by atoms with van der Waals surface area (Å²) in [6.07, 6.45) is 2.21. The van der Waals surface area contributed by atoms with Crippen molar-refractivity contribution in [2.24, 2.45) is 0 Å². The van der Waals surface area contributed by atoms with Crippen LogP contribution in [0.2, 0.25) is 0 Å². The van der Waals surface area contributed by atoms with E-state index >= 15 is 0 Å². The second kappa shape index (κ2) is 8.65. The second-order valence-corrected chi connectivity index (χ2v) is 7.32. The molecule has 4 nitrogen and oxygen atoms in total. The summed E-state index contributed by atoms with van der Waals surface area (Å²) in [5.74, 6) is -1.83. The van der Waals surface area contributed by atoms with Crippen molar-refractivity contribution in [1.29, 1.82) is 0 Å². The highest BCUT2D eigenvalue weighted by Crippen LogP contribution is 2.27. The number of sulfonamides is 1. The lowest BCUT2D eigenvalue weighted by molar-refractivity contribution is 0.579. The van der Waals surface area contributed by atoms with Crippen molar-refractivity contribution in [3.63, 3.8) is 0 Å². The molecule has 0 bridgehead atoms. The Kier molecular flexibility index (Phi) is 7.55. The lowest BCUT2D eigenvalue weighted by Crippen LogP contribution is -2.20. The molecule has 1 aromatic carbocycles. The Morgan fingerprint density at radius 3 is 2.52 bits per heavy atom. The van der Waals surface area contributed by atoms with Crippen molar-refractivity contribution >= 4 is 31.6 Å². The van der Waals surface area contributed by atoms with Crippen LogP contribution in [0.25, 0.3) is 0 Å². The lowest BCUT2D eigenvalue weighted by atomic mass is 10.3. The van der Waals surface area contributed by atoms with Gasteiger partial charge in [0, 0.05) is 10.5 Å². The van der Waals surface area contributed by atoms with Gasteiger partial charge in [-0.2, -0.15) is 0 Å². The molecule has 0 saturated heterocycles. The van der Waals surface area contributed by atoms with Crippen LogP contribution in [0, 0.1) is 11.6 Å². The van der Waals surface area contributed by atoms with E-state index in [4.69, 9.17) is 0 Å². The molecule has 0 aliphatic heterocycles. The summed E-state index contributed by atoms with van der Waals surface area (Å²) >= 11 is 2.94. The van der Waals surface area contributed by atoms with Crippen LogP contribution in [0.15, 0.2) is 16.6 Å². The van der Waals surface area contributed by atoms with E-state index in [1.54, 1.807) is 0 Å². The van der Waals surface area contributed by atoms with Gasteiger partial charge in [-0.1, -0.05) is 6.92 Å². The molecule has 21 heavy (non-hydrogen) atoms. The van der Waals surface area contributed by atoms with E-state index in [0.717, 1.165) is 25.6 Å². The summed E-state index contributed by atoms with van der Waals surface area (Å²) in [5.41, 5.74) is -0.263. The van der Waals surface area contributed by atoms with Crippen LogP contribution in [0.4, 0.5) is 14.5 Å². The fourth-order valence-corrected chi connectivity index (χ4v) is 3.53. The smallest absolute Gasteiger partial charge is 0.232 e. The Morgan fingerprint density at radius 1 is 1.19 bits per heavy atom. The highest BCUT2D eigenvalue weighted by Gasteiger charge is 2.16. The molecular formula is C13H19BrF2N2O2S. The van der Waals surface area contributed by atoms with Gasteiger partial charge in [-0.25, -0.2) is 17.2 Å². The van der Waals surface area contributed by atoms with Gasteiger partial charge in [0.15, 0.2) is 5.82 Å². The maximum atomic E-state index is 13.6. The minimum atomic E-state index is -3.66. The molecule has 0 unspecified atom stereocenters. The van der Waals surface area contributed by atoms with Crippen molar-refractivity contribution in [1.82, 2.24) is 5.32 Å². The maximum absolute atomic E-state index is 13.6. The van der Waals surface area contributed by atoms with Gasteiger partial charge in [-0.15, -0.1) is 0 Å². The molecule has 0 aliphatic carbocycles. The molecule has 0 amide bonds. The van der Waals surface area contributed by atoms with Crippen molar-refractivity contribution < 1.29 is 17.2 Å². The molecule has 0 aromatic heterocycles. The average molecular weight is 385 g/mol. The number of hydrogen-bond acceptors (Lipinski definition) is 3. The largest absolute Gasteiger partial charge is 0.317 e. The number of unbranched alkanes of at least 4 members (excludes halogenated alkanes) is 1. The number of benzene rings is 1. The van der Waals surface area contributed by atoms with E-state index in [0.29, 0.717) is 18.9 Å². The molecule has 2 N–H and O–H groups in total. The predicted molar refractivity (Wildman–Crippen MR) is 83.9 cm³/mol. The maximum Gasteiger partial charge on any atom is 0.232 e. The third-order valence-electron chi connectivity index (χ3n) is 2.71. The van der Waals surface area contributed by atoms with Gasteiger partial charge in [0.1, 0.15) is 5.82 Å². The van der Waals surface area contributed by atoms with Crippen LogP contribution in [0.5, 0.6) is 0 Å². The highest BCUT2D eigenvalue weighted by atomic mass is 79.9. The zero-order valence-corrected chi connectivity index (χ0v) is 14.2. The quantitative estimate of drug-likeness (QED) is 0.642. The molecule has 0 radical (unpaired) electrons.